The molecule has 0 aliphatic rings. The van der Waals surface area contributed by atoms with Crippen LogP contribution in [0.3, 0.4) is 0 Å². The summed E-state index contributed by atoms with van der Waals surface area (Å²) < 4.78 is 29.7. The van der Waals surface area contributed by atoms with Crippen LogP contribution in [0, 0.1) is 0 Å². The van der Waals surface area contributed by atoms with Gasteiger partial charge in [-0.3, -0.25) is 0 Å². The molecule has 0 aromatic carbocycles. The molecule has 14 heavy (non-hydrogen) atoms. The Kier molecular flexibility index (Phi) is 3.68. The first-order chi connectivity index (χ1) is 6.59. The number of nitrogens with one attached hydrogen (secondary N) is 1. The maximum absolute atomic E-state index is 11.2. The standard InChI is InChI=1S/C8H13NO4S/c1-2-14(11,12)9-7(6-10)8-4-3-5-13-8/h3-5,7,9-10H,2,6H2,1H3. The van der Waals surface area contributed by atoms with Crippen LogP contribution >= 0.6 is 0 Å². The molecule has 0 radical (unpaired) electrons. The van der Waals surface area contributed by atoms with Gasteiger partial charge in [0.15, 0.2) is 0 Å². The van der Waals surface area contributed by atoms with Crippen LogP contribution < -0.4 is 4.72 Å². The van der Waals surface area contributed by atoms with E-state index in [0.29, 0.717) is 5.76 Å². The van der Waals surface area contributed by atoms with Crippen molar-refractivity contribution in [2.24, 2.45) is 0 Å². The smallest absolute Gasteiger partial charge is 0.212 e. The van der Waals surface area contributed by atoms with Gasteiger partial charge in [-0.05, 0) is 19.1 Å². The van der Waals surface area contributed by atoms with E-state index in [4.69, 9.17) is 9.52 Å². The highest BCUT2D eigenvalue weighted by molar-refractivity contribution is 7.89. The van der Waals surface area contributed by atoms with Crippen LogP contribution in [0.4, 0.5) is 0 Å². The molecule has 0 amide bonds. The van der Waals surface area contributed by atoms with Crippen LogP contribution in [0.15, 0.2) is 22.8 Å². The number of sulfonamides is 1. The van der Waals surface area contributed by atoms with Crippen molar-refractivity contribution >= 4 is 10.0 Å². The maximum atomic E-state index is 11.2. The highest BCUT2D eigenvalue weighted by Gasteiger charge is 2.18. The topological polar surface area (TPSA) is 79.5 Å². The van der Waals surface area contributed by atoms with E-state index in [1.165, 1.54) is 13.2 Å². The number of hydrogen-bond donors (Lipinski definition) is 2. The summed E-state index contributed by atoms with van der Waals surface area (Å²) in [6, 6.07) is 2.55. The Morgan fingerprint density at radius 2 is 2.36 bits per heavy atom. The van der Waals surface area contributed by atoms with Crippen molar-refractivity contribution in [3.63, 3.8) is 0 Å². The second kappa shape index (κ2) is 4.59. The first kappa shape index (κ1) is 11.2. The van der Waals surface area contributed by atoms with Gasteiger partial charge in [-0.1, -0.05) is 0 Å². The molecule has 1 aromatic heterocycles. The molecule has 0 saturated heterocycles. The van der Waals surface area contributed by atoms with Crippen molar-refractivity contribution in [1.29, 1.82) is 0 Å². The SMILES string of the molecule is CCS(=O)(=O)NC(CO)c1ccco1. The molecule has 1 aromatic rings. The van der Waals surface area contributed by atoms with Gasteiger partial charge < -0.3 is 9.52 Å². The highest BCUT2D eigenvalue weighted by atomic mass is 32.2. The van der Waals surface area contributed by atoms with Crippen molar-refractivity contribution in [2.45, 2.75) is 13.0 Å². The lowest BCUT2D eigenvalue weighted by molar-refractivity contribution is 0.242. The van der Waals surface area contributed by atoms with Gasteiger partial charge in [0.25, 0.3) is 0 Å². The minimum Gasteiger partial charge on any atom is -0.468 e. The lowest BCUT2D eigenvalue weighted by Gasteiger charge is -2.12. The van der Waals surface area contributed by atoms with E-state index in [1.54, 1.807) is 12.1 Å². The zero-order valence-corrected chi connectivity index (χ0v) is 8.62. The number of aliphatic hydroxyl groups is 1. The van der Waals surface area contributed by atoms with Gasteiger partial charge in [-0.25, -0.2) is 13.1 Å². The molecule has 80 valence electrons. The zero-order chi connectivity index (χ0) is 10.6. The van der Waals surface area contributed by atoms with Crippen LogP contribution in [0.1, 0.15) is 18.7 Å². The van der Waals surface area contributed by atoms with Gasteiger partial charge in [0.1, 0.15) is 11.8 Å². The third kappa shape index (κ3) is 2.83. The van der Waals surface area contributed by atoms with Crippen molar-refractivity contribution < 1.29 is 17.9 Å². The minimum atomic E-state index is -3.33. The minimum absolute atomic E-state index is 0.0236. The summed E-state index contributed by atoms with van der Waals surface area (Å²) >= 11 is 0. The Bertz CT molecular complexity index is 357. The van der Waals surface area contributed by atoms with Gasteiger partial charge in [0.05, 0.1) is 18.6 Å². The van der Waals surface area contributed by atoms with Crippen LogP contribution in [-0.2, 0) is 10.0 Å². The van der Waals surface area contributed by atoms with Crippen molar-refractivity contribution in [1.82, 2.24) is 4.72 Å². The van der Waals surface area contributed by atoms with E-state index in [1.807, 2.05) is 0 Å². The second-order valence-electron chi connectivity index (χ2n) is 2.77. The fraction of sp³-hybridized carbons (Fsp3) is 0.500. The molecule has 1 unspecified atom stereocenters. The van der Waals surface area contributed by atoms with Crippen LogP contribution in [0.2, 0.25) is 0 Å². The summed E-state index contributed by atoms with van der Waals surface area (Å²) in [6.45, 7) is 1.20. The Labute approximate surface area is 82.8 Å². The van der Waals surface area contributed by atoms with Gasteiger partial charge in [0, 0.05) is 0 Å². The first-order valence-corrected chi connectivity index (χ1v) is 5.88. The monoisotopic (exact) mass is 219 g/mol. The molecule has 0 aliphatic carbocycles. The molecule has 0 aliphatic heterocycles. The van der Waals surface area contributed by atoms with E-state index in [0.717, 1.165) is 0 Å². The van der Waals surface area contributed by atoms with Crippen molar-refractivity contribution in [3.05, 3.63) is 24.2 Å². The van der Waals surface area contributed by atoms with Crippen LogP contribution in [-0.4, -0.2) is 25.9 Å². The molecule has 5 nitrogen and oxygen atoms in total. The molecule has 1 rings (SSSR count). The predicted molar refractivity (Wildman–Crippen MR) is 51.1 cm³/mol. The fourth-order valence-corrected chi connectivity index (χ4v) is 1.77. The summed E-state index contributed by atoms with van der Waals surface area (Å²) in [6.07, 6.45) is 1.43. The Balaban J connectivity index is 2.75. The maximum Gasteiger partial charge on any atom is 0.212 e. The largest absolute Gasteiger partial charge is 0.468 e. The quantitative estimate of drug-likeness (QED) is 0.744. The summed E-state index contributed by atoms with van der Waals surface area (Å²) in [7, 11) is -3.33. The molecule has 0 bridgehead atoms. The van der Waals surface area contributed by atoms with Crippen LogP contribution in [0.25, 0.3) is 0 Å². The lowest BCUT2D eigenvalue weighted by Crippen LogP contribution is -2.31. The number of hydrogen-bond acceptors (Lipinski definition) is 4. The van der Waals surface area contributed by atoms with E-state index in [9.17, 15) is 8.42 Å². The first-order valence-electron chi connectivity index (χ1n) is 4.23. The second-order valence-corrected chi connectivity index (χ2v) is 4.81. The molecular weight excluding hydrogens is 206 g/mol. The Morgan fingerprint density at radius 3 is 2.79 bits per heavy atom. The van der Waals surface area contributed by atoms with Crippen LogP contribution in [0.5, 0.6) is 0 Å². The summed E-state index contributed by atoms with van der Waals surface area (Å²) in [5, 5.41) is 8.97. The van der Waals surface area contributed by atoms with Gasteiger partial charge in [0.2, 0.25) is 10.0 Å². The molecule has 0 spiro atoms. The fourth-order valence-electron chi connectivity index (χ4n) is 0.975. The Hall–Kier alpha value is -0.850. The number of rotatable bonds is 5. The summed E-state index contributed by atoms with van der Waals surface area (Å²) in [5.41, 5.74) is 0. The molecule has 1 heterocycles. The molecule has 0 fully saturated rings. The average Bonchev–Trinajstić information content (AvgIpc) is 2.67. The summed E-state index contributed by atoms with van der Waals surface area (Å²) in [5.74, 6) is 0.383. The van der Waals surface area contributed by atoms with E-state index >= 15 is 0 Å². The molecule has 6 heteroatoms. The third-order valence-corrected chi connectivity index (χ3v) is 3.17. The zero-order valence-electron chi connectivity index (χ0n) is 7.80. The normalized spacial score (nSPS) is 14.1. The molecule has 0 saturated carbocycles. The molecule has 1 atom stereocenters. The van der Waals surface area contributed by atoms with E-state index < -0.39 is 16.1 Å². The number of furan rings is 1. The molecular formula is C8H13NO4S. The third-order valence-electron chi connectivity index (χ3n) is 1.77. The van der Waals surface area contributed by atoms with Gasteiger partial charge in [-0.15, -0.1) is 0 Å². The summed E-state index contributed by atoms with van der Waals surface area (Å²) in [4.78, 5) is 0. The molecule has 2 N–H and O–H groups in total. The van der Waals surface area contributed by atoms with Gasteiger partial charge in [-0.2, -0.15) is 0 Å². The van der Waals surface area contributed by atoms with Crippen molar-refractivity contribution in [3.8, 4) is 0 Å². The highest BCUT2D eigenvalue weighted by Crippen LogP contribution is 2.13. The average molecular weight is 219 g/mol. The van der Waals surface area contributed by atoms with Gasteiger partial charge >= 0.3 is 0 Å². The van der Waals surface area contributed by atoms with E-state index in [2.05, 4.69) is 4.72 Å². The van der Waals surface area contributed by atoms with Crippen molar-refractivity contribution in [2.75, 3.05) is 12.4 Å². The Morgan fingerprint density at radius 1 is 1.64 bits per heavy atom. The van der Waals surface area contributed by atoms with E-state index in [-0.39, 0.29) is 12.4 Å². The predicted octanol–water partition coefficient (Wildman–Crippen LogP) is 0.252. The lowest BCUT2D eigenvalue weighted by atomic mass is 10.2. The number of aliphatic hydroxyl groups excluding tert-OH is 1.